The van der Waals surface area contributed by atoms with Crippen LogP contribution < -0.4 is 9.47 Å². The number of hydrogen-bond donors (Lipinski definition) is 0. The lowest BCUT2D eigenvalue weighted by atomic mass is 9.85. The third-order valence-corrected chi connectivity index (χ3v) is 4.71. The summed E-state index contributed by atoms with van der Waals surface area (Å²) < 4.78 is 17.3. The van der Waals surface area contributed by atoms with Gasteiger partial charge in [0.15, 0.2) is 0 Å². The largest absolute Gasteiger partial charge is 0.497 e. The van der Waals surface area contributed by atoms with Gasteiger partial charge in [0, 0.05) is 23.4 Å². The average Bonchev–Trinajstić information content (AvgIpc) is 2.43. The van der Waals surface area contributed by atoms with Crippen molar-refractivity contribution in [1.82, 2.24) is 0 Å². The van der Waals surface area contributed by atoms with Gasteiger partial charge in [-0.2, -0.15) is 0 Å². The van der Waals surface area contributed by atoms with Gasteiger partial charge in [0.25, 0.3) is 0 Å². The molecule has 0 bridgehead atoms. The molecule has 0 N–H and O–H groups in total. The maximum atomic E-state index is 6.23. The monoisotopic (exact) mass is 356 g/mol. The molecule has 3 nitrogen and oxygen atoms in total. The smallest absolute Gasteiger partial charge is 0.127 e. The molecule has 0 spiro atoms. The minimum absolute atomic E-state index is 0.00251. The molecule has 0 amide bonds. The Morgan fingerprint density at radius 2 is 2.00 bits per heavy atom. The van der Waals surface area contributed by atoms with Crippen LogP contribution in [0.3, 0.4) is 0 Å². The Kier molecular flexibility index (Phi) is 5.20. The summed E-state index contributed by atoms with van der Waals surface area (Å²) in [5.41, 5.74) is 1.16. The van der Waals surface area contributed by atoms with Crippen molar-refractivity contribution < 1.29 is 14.2 Å². The number of benzene rings is 1. The molecule has 1 aromatic carbocycles. The Bertz CT molecular complexity index is 481. The molecule has 3 unspecified atom stereocenters. The fourth-order valence-electron chi connectivity index (χ4n) is 2.53. The van der Waals surface area contributed by atoms with E-state index >= 15 is 0 Å². The lowest BCUT2D eigenvalue weighted by Crippen LogP contribution is -2.52. The Morgan fingerprint density at radius 3 is 2.52 bits per heavy atom. The maximum Gasteiger partial charge on any atom is 0.127 e. The van der Waals surface area contributed by atoms with Gasteiger partial charge in [0.1, 0.15) is 23.7 Å². The van der Waals surface area contributed by atoms with Gasteiger partial charge in [-0.25, -0.2) is 0 Å². The molecule has 0 saturated heterocycles. The van der Waals surface area contributed by atoms with E-state index in [-0.39, 0.29) is 17.6 Å². The number of rotatable bonds is 5. The Balaban J connectivity index is 2.20. The van der Waals surface area contributed by atoms with E-state index in [0.717, 1.165) is 23.5 Å². The molecule has 21 heavy (non-hydrogen) atoms. The van der Waals surface area contributed by atoms with Gasteiger partial charge < -0.3 is 14.2 Å². The van der Waals surface area contributed by atoms with Crippen LogP contribution in [-0.2, 0) is 10.2 Å². The fourth-order valence-corrected chi connectivity index (χ4v) is 3.40. The molecule has 0 heterocycles. The first-order chi connectivity index (χ1) is 9.86. The predicted molar refractivity (Wildman–Crippen MR) is 88.9 cm³/mol. The second kappa shape index (κ2) is 6.57. The van der Waals surface area contributed by atoms with Crippen LogP contribution in [0.25, 0.3) is 0 Å². The van der Waals surface area contributed by atoms with Crippen LogP contribution in [0.15, 0.2) is 18.2 Å². The van der Waals surface area contributed by atoms with Crippen molar-refractivity contribution in [2.24, 2.45) is 0 Å². The van der Waals surface area contributed by atoms with Crippen molar-refractivity contribution in [3.63, 3.8) is 0 Å². The number of hydrogen-bond acceptors (Lipinski definition) is 3. The highest BCUT2D eigenvalue weighted by atomic mass is 79.9. The van der Waals surface area contributed by atoms with Crippen LogP contribution in [0.1, 0.15) is 39.7 Å². The highest BCUT2D eigenvalue weighted by Crippen LogP contribution is 2.39. The summed E-state index contributed by atoms with van der Waals surface area (Å²) in [6.07, 6.45) is 1.22. The van der Waals surface area contributed by atoms with Crippen molar-refractivity contribution in [2.75, 3.05) is 13.7 Å². The Morgan fingerprint density at radius 1 is 1.29 bits per heavy atom. The van der Waals surface area contributed by atoms with Crippen LogP contribution in [-0.4, -0.2) is 30.8 Å². The fraction of sp³-hybridized carbons (Fsp3) is 0.647. The topological polar surface area (TPSA) is 27.7 Å². The van der Waals surface area contributed by atoms with Crippen LogP contribution in [0, 0.1) is 0 Å². The average molecular weight is 357 g/mol. The summed E-state index contributed by atoms with van der Waals surface area (Å²) in [6, 6.07) is 6.02. The highest BCUT2D eigenvalue weighted by molar-refractivity contribution is 9.09. The molecule has 1 fully saturated rings. The normalized spacial score (nSPS) is 25.3. The van der Waals surface area contributed by atoms with Crippen molar-refractivity contribution in [3.05, 3.63) is 23.8 Å². The van der Waals surface area contributed by atoms with Crippen molar-refractivity contribution in [2.45, 2.75) is 56.6 Å². The number of alkyl halides is 1. The summed E-state index contributed by atoms with van der Waals surface area (Å²) >= 11 is 3.64. The molecule has 0 radical (unpaired) electrons. The first kappa shape index (κ1) is 16.6. The van der Waals surface area contributed by atoms with Gasteiger partial charge in [0.2, 0.25) is 0 Å². The zero-order valence-corrected chi connectivity index (χ0v) is 15.1. The molecule has 3 atom stereocenters. The lowest BCUT2D eigenvalue weighted by Gasteiger charge is -2.41. The molecule has 118 valence electrons. The molecule has 2 rings (SSSR count). The molecule has 1 aliphatic rings. The van der Waals surface area contributed by atoms with Crippen LogP contribution in [0.5, 0.6) is 11.5 Å². The van der Waals surface area contributed by atoms with Gasteiger partial charge in [-0.1, -0.05) is 36.7 Å². The van der Waals surface area contributed by atoms with E-state index in [1.807, 2.05) is 19.1 Å². The van der Waals surface area contributed by atoms with Crippen LogP contribution >= 0.6 is 15.9 Å². The maximum absolute atomic E-state index is 6.23. The molecule has 1 aromatic rings. The first-order valence-electron chi connectivity index (χ1n) is 7.47. The number of ether oxygens (including phenoxy) is 3. The second-order valence-electron chi connectivity index (χ2n) is 6.44. The summed E-state index contributed by atoms with van der Waals surface area (Å²) in [6.45, 7) is 9.28. The van der Waals surface area contributed by atoms with Gasteiger partial charge >= 0.3 is 0 Å². The van der Waals surface area contributed by atoms with Crippen LogP contribution in [0.2, 0.25) is 0 Å². The van der Waals surface area contributed by atoms with E-state index in [0.29, 0.717) is 11.4 Å². The van der Waals surface area contributed by atoms with E-state index in [1.165, 1.54) is 0 Å². The Labute approximate surface area is 136 Å². The zero-order chi connectivity index (χ0) is 15.6. The standard InChI is InChI=1S/C17H25BrO3/c1-6-20-16-13(18)10-15(16)21-14-8-7-11(19-5)9-12(14)17(2,3)4/h7-9,13,15-16H,6,10H2,1-5H3. The van der Waals surface area contributed by atoms with Gasteiger partial charge in [-0.05, 0) is 30.5 Å². The minimum Gasteiger partial charge on any atom is -0.497 e. The third-order valence-electron chi connectivity index (χ3n) is 3.81. The molecule has 4 heteroatoms. The van der Waals surface area contributed by atoms with E-state index < -0.39 is 0 Å². The van der Waals surface area contributed by atoms with Gasteiger partial charge in [-0.3, -0.25) is 0 Å². The third kappa shape index (κ3) is 3.72. The number of halogens is 1. The first-order valence-corrected chi connectivity index (χ1v) is 8.39. The van der Waals surface area contributed by atoms with E-state index in [1.54, 1.807) is 7.11 Å². The van der Waals surface area contributed by atoms with Gasteiger partial charge in [0.05, 0.1) is 7.11 Å². The summed E-state index contributed by atoms with van der Waals surface area (Å²) in [5, 5.41) is 0. The molecular formula is C17H25BrO3. The second-order valence-corrected chi connectivity index (χ2v) is 7.62. The SMILES string of the molecule is CCOC1C(Br)CC1Oc1ccc(OC)cc1C(C)(C)C. The summed E-state index contributed by atoms with van der Waals surface area (Å²) in [4.78, 5) is 0.388. The van der Waals surface area contributed by atoms with Crippen LogP contribution in [0.4, 0.5) is 0 Å². The van der Waals surface area contributed by atoms with E-state index in [2.05, 4.69) is 42.8 Å². The highest BCUT2D eigenvalue weighted by Gasteiger charge is 2.42. The van der Waals surface area contributed by atoms with Crippen molar-refractivity contribution in [3.8, 4) is 11.5 Å². The summed E-state index contributed by atoms with van der Waals surface area (Å²) in [7, 11) is 1.69. The van der Waals surface area contributed by atoms with Crippen molar-refractivity contribution >= 4 is 15.9 Å². The number of methoxy groups -OCH3 is 1. The van der Waals surface area contributed by atoms with E-state index in [4.69, 9.17) is 14.2 Å². The Hall–Kier alpha value is -0.740. The minimum atomic E-state index is 0.00251. The quantitative estimate of drug-likeness (QED) is 0.735. The predicted octanol–water partition coefficient (Wildman–Crippen LogP) is 4.31. The summed E-state index contributed by atoms with van der Waals surface area (Å²) in [5.74, 6) is 1.79. The molecule has 1 aliphatic carbocycles. The molecule has 0 aliphatic heterocycles. The van der Waals surface area contributed by atoms with Gasteiger partial charge in [-0.15, -0.1) is 0 Å². The molecule has 1 saturated carbocycles. The van der Waals surface area contributed by atoms with E-state index in [9.17, 15) is 0 Å². The van der Waals surface area contributed by atoms with Crippen molar-refractivity contribution in [1.29, 1.82) is 0 Å². The lowest BCUT2D eigenvalue weighted by molar-refractivity contribution is -0.0728. The zero-order valence-electron chi connectivity index (χ0n) is 13.5. The molecular weight excluding hydrogens is 332 g/mol. The molecule has 0 aromatic heterocycles.